The van der Waals surface area contributed by atoms with Gasteiger partial charge < -0.3 is 14.7 Å². The number of rotatable bonds is 0. The molecule has 0 fully saturated rings. The van der Waals surface area contributed by atoms with E-state index in [4.69, 9.17) is 0 Å². The minimum atomic E-state index is -0.139. The van der Waals surface area contributed by atoms with E-state index in [-0.39, 0.29) is 44.1 Å². The largest absolute Gasteiger partial charge is 0.508 e. The number of carbonyl (C=O) groups is 4. The van der Waals surface area contributed by atoms with Crippen LogP contribution in [0.25, 0.3) is 0 Å². The molecule has 0 aromatic heterocycles. The fourth-order valence-corrected chi connectivity index (χ4v) is 3.50. The van der Waals surface area contributed by atoms with Crippen molar-refractivity contribution in [3.8, 4) is 5.75 Å². The maximum atomic E-state index is 11.7. The third-order valence-corrected chi connectivity index (χ3v) is 7.50. The van der Waals surface area contributed by atoms with E-state index in [9.17, 15) is 24.3 Å². The Morgan fingerprint density at radius 3 is 1.19 bits per heavy atom. The summed E-state index contributed by atoms with van der Waals surface area (Å²) in [7, 11) is 0. The number of aldehydes is 1. The molecule has 5 heteroatoms. The van der Waals surface area contributed by atoms with Crippen LogP contribution in [0.2, 0.25) is 0 Å². The van der Waals surface area contributed by atoms with Crippen molar-refractivity contribution in [3.05, 3.63) is 41.0 Å². The molecule has 1 atom stereocenters. The maximum absolute atomic E-state index is 11.7. The molecule has 0 saturated heterocycles. The van der Waals surface area contributed by atoms with Gasteiger partial charge in [0.1, 0.15) is 23.6 Å². The van der Waals surface area contributed by atoms with E-state index in [1.165, 1.54) is 30.5 Å². The average Bonchev–Trinajstić information content (AvgIpc) is 2.81. The summed E-state index contributed by atoms with van der Waals surface area (Å²) in [5.74, 6) is 1.59. The predicted octanol–water partition coefficient (Wildman–Crippen LogP) is 11.4. The van der Waals surface area contributed by atoms with Crippen molar-refractivity contribution >= 4 is 23.6 Å². The third-order valence-electron chi connectivity index (χ3n) is 7.50. The Balaban J connectivity index is -0.000000563. The molecule has 0 spiro atoms. The molecule has 1 aromatic carbocycles. The Labute approximate surface area is 290 Å². The van der Waals surface area contributed by atoms with E-state index in [1.807, 2.05) is 59.8 Å². The Hall–Kier alpha value is -2.56. The maximum Gasteiger partial charge on any atom is 0.155 e. The highest BCUT2D eigenvalue weighted by atomic mass is 16.3. The molecule has 0 amide bonds. The van der Waals surface area contributed by atoms with Gasteiger partial charge in [-0.3, -0.25) is 9.59 Å². The summed E-state index contributed by atoms with van der Waals surface area (Å²) < 4.78 is 0. The Kier molecular flexibility index (Phi) is 19.6. The van der Waals surface area contributed by atoms with Crippen LogP contribution in [-0.2, 0) is 30.0 Å². The summed E-state index contributed by atoms with van der Waals surface area (Å²) in [5.41, 5.74) is 3.95. The summed E-state index contributed by atoms with van der Waals surface area (Å²) in [6.07, 6.45) is 4.62. The molecule has 0 heterocycles. The molecule has 2 rings (SSSR count). The molecule has 0 aliphatic heterocycles. The van der Waals surface area contributed by atoms with Gasteiger partial charge in [-0.25, -0.2) is 0 Å². The van der Waals surface area contributed by atoms with E-state index >= 15 is 0 Å². The van der Waals surface area contributed by atoms with Crippen LogP contribution in [0.5, 0.6) is 5.75 Å². The number of phenols is 1. The second-order valence-electron chi connectivity index (χ2n) is 19.3. The van der Waals surface area contributed by atoms with E-state index in [1.54, 1.807) is 6.92 Å². The van der Waals surface area contributed by atoms with E-state index in [2.05, 4.69) is 89.2 Å². The lowest BCUT2D eigenvalue weighted by molar-refractivity contribution is -0.124. The highest BCUT2D eigenvalue weighted by Gasteiger charge is 2.33. The van der Waals surface area contributed by atoms with E-state index in [0.29, 0.717) is 17.5 Å². The normalized spacial score (nSPS) is 15.5. The Bertz CT molecular complexity index is 1140. The number of allylic oxidation sites excluding steroid dienone is 2. The molecule has 272 valence electrons. The standard InChI is InChI=1S/C14H24O.C14H22O.C6H12O.C5H10O.C3H6O/c2*1-13(2,3)10-7-11(14(4,5)6)9-12(15)8-10;1-5(7)6(2,3)4;1-5(2,3)4-6;1-3(2)4/h8,11H,7,9H2,1-6H3;7-9,15H,1-6H3;1-4H3;4H,1-3H3;1-2H3. The molecule has 0 saturated carbocycles. The molecule has 1 aliphatic rings. The van der Waals surface area contributed by atoms with Crippen molar-refractivity contribution < 1.29 is 24.3 Å². The van der Waals surface area contributed by atoms with Crippen LogP contribution in [-0.4, -0.2) is 28.7 Å². The van der Waals surface area contributed by atoms with Gasteiger partial charge in [-0.2, -0.15) is 0 Å². The topological polar surface area (TPSA) is 88.5 Å². The molecule has 1 N–H and O–H groups in total. The average molecular weight is 659 g/mol. The van der Waals surface area contributed by atoms with Gasteiger partial charge >= 0.3 is 0 Å². The SMILES string of the molecule is CC(=O)C(C)(C)C.CC(C)(C)C1=CC(=O)CC(C(C)(C)C)C1.CC(C)(C)C=O.CC(C)(C)c1cc(O)cc(C(C)(C)C)c1.CC(C)=O. The summed E-state index contributed by atoms with van der Waals surface area (Å²) in [5, 5.41) is 9.72. The fraction of sp³-hybridized carbons (Fsp3) is 0.714. The van der Waals surface area contributed by atoms with Crippen molar-refractivity contribution in [2.24, 2.45) is 27.6 Å². The first-order valence-corrected chi connectivity index (χ1v) is 17.0. The fourth-order valence-electron chi connectivity index (χ4n) is 3.50. The van der Waals surface area contributed by atoms with Gasteiger partial charge in [0.25, 0.3) is 0 Å². The van der Waals surface area contributed by atoms with Gasteiger partial charge in [-0.05, 0) is 84.1 Å². The van der Waals surface area contributed by atoms with Crippen molar-refractivity contribution in [1.29, 1.82) is 0 Å². The van der Waals surface area contributed by atoms with Crippen molar-refractivity contribution in [3.63, 3.8) is 0 Å². The monoisotopic (exact) mass is 659 g/mol. The molecule has 1 aromatic rings. The van der Waals surface area contributed by atoms with Crippen LogP contribution in [0.4, 0.5) is 0 Å². The molecular weight excluding hydrogens is 584 g/mol. The van der Waals surface area contributed by atoms with Gasteiger partial charge in [0.05, 0.1) is 0 Å². The minimum absolute atomic E-state index is 0.0821. The summed E-state index contributed by atoms with van der Waals surface area (Å²) in [6.45, 7) is 42.3. The lowest BCUT2D eigenvalue weighted by Gasteiger charge is -2.37. The highest BCUT2D eigenvalue weighted by Crippen LogP contribution is 2.42. The van der Waals surface area contributed by atoms with Gasteiger partial charge in [-0.15, -0.1) is 0 Å². The zero-order valence-corrected chi connectivity index (χ0v) is 34.5. The smallest absolute Gasteiger partial charge is 0.155 e. The molecule has 1 unspecified atom stereocenters. The molecule has 1 aliphatic carbocycles. The Morgan fingerprint density at radius 2 is 0.979 bits per heavy atom. The summed E-state index contributed by atoms with van der Waals surface area (Å²) in [6, 6.07) is 5.91. The van der Waals surface area contributed by atoms with Gasteiger partial charge in [0.2, 0.25) is 0 Å². The first-order chi connectivity index (χ1) is 20.4. The zero-order valence-electron chi connectivity index (χ0n) is 34.5. The van der Waals surface area contributed by atoms with Gasteiger partial charge in [0.15, 0.2) is 5.78 Å². The minimum Gasteiger partial charge on any atom is -0.508 e. The Morgan fingerprint density at radius 1 is 0.660 bits per heavy atom. The number of benzene rings is 1. The van der Waals surface area contributed by atoms with Crippen LogP contribution in [0.15, 0.2) is 29.8 Å². The number of hydrogen-bond donors (Lipinski definition) is 1. The zero-order chi connectivity index (χ0) is 38.6. The van der Waals surface area contributed by atoms with Crippen LogP contribution in [0, 0.1) is 27.6 Å². The molecule has 0 radical (unpaired) electrons. The number of hydrogen-bond acceptors (Lipinski definition) is 5. The van der Waals surface area contributed by atoms with Crippen LogP contribution in [0.3, 0.4) is 0 Å². The van der Waals surface area contributed by atoms with Gasteiger partial charge in [0, 0.05) is 17.3 Å². The lowest BCUT2D eigenvalue weighted by atomic mass is 9.68. The highest BCUT2D eigenvalue weighted by molar-refractivity contribution is 5.91. The number of ketones is 3. The molecule has 47 heavy (non-hydrogen) atoms. The quantitative estimate of drug-likeness (QED) is 0.280. The van der Waals surface area contributed by atoms with E-state index < -0.39 is 0 Å². The number of carbonyl (C=O) groups excluding carboxylic acids is 4. The number of aromatic hydroxyl groups is 1. The van der Waals surface area contributed by atoms with Crippen molar-refractivity contribution in [2.45, 2.75) is 169 Å². The second kappa shape index (κ2) is 18.8. The summed E-state index contributed by atoms with van der Waals surface area (Å²) >= 11 is 0. The van der Waals surface area contributed by atoms with Gasteiger partial charge in [-0.1, -0.05) is 136 Å². The molecular formula is C42H74O5. The number of Topliss-reactive ketones (excluding diaryl/α,β-unsaturated/α-hetero) is 2. The van der Waals surface area contributed by atoms with Crippen molar-refractivity contribution in [2.75, 3.05) is 0 Å². The molecule has 0 bridgehead atoms. The third kappa shape index (κ3) is 25.2. The summed E-state index contributed by atoms with van der Waals surface area (Å²) in [4.78, 5) is 41.4. The number of phenolic OH excluding ortho intramolecular Hbond substituents is 1. The predicted molar refractivity (Wildman–Crippen MR) is 202 cm³/mol. The lowest BCUT2D eigenvalue weighted by Crippen LogP contribution is -2.29. The first-order valence-electron chi connectivity index (χ1n) is 17.0. The van der Waals surface area contributed by atoms with Crippen LogP contribution >= 0.6 is 0 Å². The van der Waals surface area contributed by atoms with E-state index in [0.717, 1.165) is 19.1 Å². The molecule has 5 nitrogen and oxygen atoms in total. The first kappa shape index (κ1) is 48.8. The van der Waals surface area contributed by atoms with Crippen LogP contribution < -0.4 is 0 Å². The second-order valence-corrected chi connectivity index (χ2v) is 19.3. The van der Waals surface area contributed by atoms with Crippen molar-refractivity contribution in [1.82, 2.24) is 0 Å². The van der Waals surface area contributed by atoms with Crippen LogP contribution in [0.1, 0.15) is 169 Å².